The largest absolute Gasteiger partial charge is 0.480 e. The first-order chi connectivity index (χ1) is 16.0. The predicted octanol–water partition coefficient (Wildman–Crippen LogP) is 1.52. The summed E-state index contributed by atoms with van der Waals surface area (Å²) in [7, 11) is 0. The summed E-state index contributed by atoms with van der Waals surface area (Å²) >= 11 is 5.75. The van der Waals surface area contributed by atoms with E-state index in [0.29, 0.717) is 30.9 Å². The highest BCUT2D eigenvalue weighted by atomic mass is 32.2. The number of thiol groups is 1. The van der Waals surface area contributed by atoms with Crippen molar-refractivity contribution in [3.8, 4) is 0 Å². The summed E-state index contributed by atoms with van der Waals surface area (Å²) in [6, 6.07) is 5.13. The van der Waals surface area contributed by atoms with Crippen molar-refractivity contribution < 1.29 is 19.5 Å². The van der Waals surface area contributed by atoms with Gasteiger partial charge in [-0.15, -0.1) is 0 Å². The maximum absolute atomic E-state index is 13.9. The van der Waals surface area contributed by atoms with Gasteiger partial charge in [-0.25, -0.2) is 4.79 Å². The van der Waals surface area contributed by atoms with E-state index < -0.39 is 35.4 Å². The summed E-state index contributed by atoms with van der Waals surface area (Å²) in [4.78, 5) is 40.5. The van der Waals surface area contributed by atoms with E-state index in [1.807, 2.05) is 51.3 Å². The molecule has 1 aromatic rings. The minimum absolute atomic E-state index is 0.204. The number of nitrogens with one attached hydrogen (secondary N) is 2. The highest BCUT2D eigenvalue weighted by molar-refractivity contribution is 7.98. The lowest BCUT2D eigenvalue weighted by molar-refractivity contribution is -0.147. The van der Waals surface area contributed by atoms with Gasteiger partial charge in [-0.2, -0.15) is 24.4 Å². The van der Waals surface area contributed by atoms with Crippen molar-refractivity contribution in [2.75, 3.05) is 24.3 Å². The van der Waals surface area contributed by atoms with Crippen LogP contribution in [0.1, 0.15) is 38.3 Å². The molecule has 1 aromatic carbocycles. The van der Waals surface area contributed by atoms with Crippen LogP contribution in [0, 0.1) is 5.41 Å². The fourth-order valence-electron chi connectivity index (χ4n) is 4.01. The molecule has 190 valence electrons. The van der Waals surface area contributed by atoms with Gasteiger partial charge in [-0.05, 0) is 35.0 Å². The maximum Gasteiger partial charge on any atom is 0.326 e. The van der Waals surface area contributed by atoms with E-state index in [2.05, 4.69) is 23.3 Å². The van der Waals surface area contributed by atoms with Crippen LogP contribution < -0.4 is 16.4 Å². The number of nitrogens with zero attached hydrogens (tertiary/aromatic N) is 1. The van der Waals surface area contributed by atoms with Crippen molar-refractivity contribution in [2.45, 2.75) is 64.3 Å². The van der Waals surface area contributed by atoms with E-state index in [9.17, 15) is 19.5 Å². The van der Waals surface area contributed by atoms with Gasteiger partial charge in [-0.1, -0.05) is 45.0 Å². The van der Waals surface area contributed by atoms with E-state index in [1.165, 1.54) is 11.8 Å². The number of benzene rings is 1. The van der Waals surface area contributed by atoms with E-state index in [-0.39, 0.29) is 18.5 Å². The van der Waals surface area contributed by atoms with Crippen LogP contribution in [0.25, 0.3) is 0 Å². The van der Waals surface area contributed by atoms with Crippen molar-refractivity contribution in [3.05, 3.63) is 35.4 Å². The molecule has 0 spiro atoms. The van der Waals surface area contributed by atoms with E-state index >= 15 is 0 Å². The Kier molecular flexibility index (Phi) is 10.7. The zero-order valence-corrected chi connectivity index (χ0v) is 22.1. The maximum atomic E-state index is 13.9. The number of nitrogens with two attached hydrogens (primary N) is 1. The molecule has 34 heavy (non-hydrogen) atoms. The molecule has 5 N–H and O–H groups in total. The summed E-state index contributed by atoms with van der Waals surface area (Å²) in [6.07, 6.45) is 2.53. The Morgan fingerprint density at radius 3 is 2.47 bits per heavy atom. The van der Waals surface area contributed by atoms with Gasteiger partial charge in [0.05, 0.1) is 6.04 Å². The molecule has 3 unspecified atom stereocenters. The summed E-state index contributed by atoms with van der Waals surface area (Å²) in [5, 5.41) is 15.5. The average molecular weight is 511 g/mol. The molecule has 0 bridgehead atoms. The highest BCUT2D eigenvalue weighted by Crippen LogP contribution is 2.28. The number of carbonyl (C=O) groups is 3. The van der Waals surface area contributed by atoms with E-state index in [1.54, 1.807) is 4.90 Å². The van der Waals surface area contributed by atoms with Crippen molar-refractivity contribution in [1.82, 2.24) is 15.5 Å². The monoisotopic (exact) mass is 510 g/mol. The molecule has 0 saturated heterocycles. The van der Waals surface area contributed by atoms with Gasteiger partial charge in [-0.3, -0.25) is 9.59 Å². The summed E-state index contributed by atoms with van der Waals surface area (Å²) < 4.78 is 0. The molecule has 0 aliphatic carbocycles. The first-order valence-corrected chi connectivity index (χ1v) is 13.5. The Bertz CT molecular complexity index is 862. The van der Waals surface area contributed by atoms with Gasteiger partial charge < -0.3 is 26.4 Å². The Hall–Kier alpha value is -1.75. The second kappa shape index (κ2) is 12.8. The normalized spacial score (nSPS) is 18.5. The molecule has 2 rings (SSSR count). The zero-order chi connectivity index (χ0) is 25.5. The number of hydrogen-bond acceptors (Lipinski definition) is 7. The molecule has 8 nitrogen and oxygen atoms in total. The van der Waals surface area contributed by atoms with Crippen molar-refractivity contribution in [1.29, 1.82) is 0 Å². The molecule has 10 heteroatoms. The number of carbonyl (C=O) groups excluding carboxylic acids is 2. The first kappa shape index (κ1) is 28.5. The minimum atomic E-state index is -1.08. The third-order valence-electron chi connectivity index (χ3n) is 5.99. The van der Waals surface area contributed by atoms with Gasteiger partial charge >= 0.3 is 5.97 Å². The Morgan fingerprint density at radius 2 is 1.91 bits per heavy atom. The lowest BCUT2D eigenvalue weighted by Gasteiger charge is -2.41. The number of carboxylic acid groups (broad SMARTS) is 1. The van der Waals surface area contributed by atoms with E-state index in [4.69, 9.17) is 5.73 Å². The van der Waals surface area contributed by atoms with Gasteiger partial charge in [0.25, 0.3) is 0 Å². The number of aliphatic carboxylic acids is 1. The molecule has 0 fully saturated rings. The smallest absolute Gasteiger partial charge is 0.326 e. The molecular weight excluding hydrogens is 472 g/mol. The van der Waals surface area contributed by atoms with Crippen LogP contribution >= 0.6 is 24.4 Å². The summed E-state index contributed by atoms with van der Waals surface area (Å²) in [5.74, 6) is -0.645. The molecule has 1 heterocycles. The second-order valence-electron chi connectivity index (χ2n) is 9.79. The molecule has 0 saturated carbocycles. The third kappa shape index (κ3) is 7.63. The fraction of sp³-hybridized carbons (Fsp3) is 0.625. The lowest BCUT2D eigenvalue weighted by Crippen LogP contribution is -2.61. The molecule has 0 aromatic heterocycles. The van der Waals surface area contributed by atoms with Gasteiger partial charge in [0.15, 0.2) is 0 Å². The highest BCUT2D eigenvalue weighted by Gasteiger charge is 2.41. The van der Waals surface area contributed by atoms with Gasteiger partial charge in [0, 0.05) is 31.3 Å². The van der Waals surface area contributed by atoms with Crippen molar-refractivity contribution in [2.24, 2.45) is 11.1 Å². The molecule has 2 amide bonds. The first-order valence-electron chi connectivity index (χ1n) is 11.5. The van der Waals surface area contributed by atoms with Crippen LogP contribution in [0.5, 0.6) is 0 Å². The molecule has 1 aliphatic heterocycles. The fourth-order valence-corrected chi connectivity index (χ4v) is 4.61. The predicted molar refractivity (Wildman–Crippen MR) is 140 cm³/mol. The molecule has 4 atom stereocenters. The van der Waals surface area contributed by atoms with Crippen LogP contribution in [0.15, 0.2) is 24.3 Å². The zero-order valence-electron chi connectivity index (χ0n) is 20.4. The topological polar surface area (TPSA) is 125 Å². The van der Waals surface area contributed by atoms with Crippen LogP contribution in [0.3, 0.4) is 0 Å². The Morgan fingerprint density at radius 1 is 1.26 bits per heavy atom. The standard InChI is InChI=1S/C24H38N4O4S2/c1-24(2,3)20(26-12-17(25)14-33)22(30)28-13-16-8-6-5-7-15(16)11-19(28)21(29)27-18(23(31)32)9-10-34-4/h5-8,17-20,26,33H,9-14,25H2,1-4H3,(H,27,29)(H,31,32)/t17?,18?,19?,20-/m1/s1. The van der Waals surface area contributed by atoms with Crippen LogP contribution in [0.4, 0.5) is 0 Å². The quantitative estimate of drug-likeness (QED) is 0.286. The SMILES string of the molecule is CSCCC(NC(=O)C1Cc2ccccc2CN1C(=O)[C@@H](NCC(N)CS)C(C)(C)C)C(=O)O. The van der Waals surface area contributed by atoms with Crippen molar-refractivity contribution in [3.63, 3.8) is 0 Å². The van der Waals surface area contributed by atoms with Gasteiger partial charge in [0.1, 0.15) is 12.1 Å². The number of thioether (sulfide) groups is 1. The van der Waals surface area contributed by atoms with Crippen molar-refractivity contribution >= 4 is 42.2 Å². The van der Waals surface area contributed by atoms with Crippen LogP contribution in [-0.4, -0.2) is 76.3 Å². The summed E-state index contributed by atoms with van der Waals surface area (Å²) in [6.45, 7) is 6.58. The molecule has 1 aliphatic rings. The summed E-state index contributed by atoms with van der Waals surface area (Å²) in [5.41, 5.74) is 7.55. The second-order valence-corrected chi connectivity index (χ2v) is 11.1. The van der Waals surface area contributed by atoms with Gasteiger partial charge in [0.2, 0.25) is 11.8 Å². The molecule has 0 radical (unpaired) electrons. The number of rotatable bonds is 11. The third-order valence-corrected chi connectivity index (χ3v) is 7.10. The Labute approximate surface area is 212 Å². The van der Waals surface area contributed by atoms with Crippen LogP contribution in [-0.2, 0) is 27.3 Å². The van der Waals surface area contributed by atoms with E-state index in [0.717, 1.165) is 11.1 Å². The number of fused-ring (bicyclic) bond motifs is 1. The lowest BCUT2D eigenvalue weighted by atomic mass is 9.84. The Balaban J connectivity index is 2.35. The number of carboxylic acids is 1. The minimum Gasteiger partial charge on any atom is -0.480 e. The molecular formula is C24H38N4O4S2. The number of amides is 2. The average Bonchev–Trinajstić information content (AvgIpc) is 2.79. The number of hydrogen-bond donors (Lipinski definition) is 5. The van der Waals surface area contributed by atoms with Crippen LogP contribution in [0.2, 0.25) is 0 Å².